The van der Waals surface area contributed by atoms with E-state index in [1.54, 1.807) is 19.4 Å². The topological polar surface area (TPSA) is 69.2 Å². The highest BCUT2D eigenvalue weighted by molar-refractivity contribution is 5.83. The number of benzene rings is 4. The van der Waals surface area contributed by atoms with E-state index < -0.39 is 0 Å². The molecule has 0 atom stereocenters. The Balaban J connectivity index is 1.27. The van der Waals surface area contributed by atoms with Crippen LogP contribution in [0, 0.1) is 6.92 Å². The number of carbonyl (C=O) groups excluding carboxylic acids is 1. The average Bonchev–Trinajstić information content (AvgIpc) is 2.96. The van der Waals surface area contributed by atoms with Crippen molar-refractivity contribution in [3.05, 3.63) is 125 Å². The molecule has 0 saturated heterocycles. The van der Waals surface area contributed by atoms with Gasteiger partial charge in [0.1, 0.15) is 12.4 Å². The molecule has 6 nitrogen and oxygen atoms in total. The molecule has 1 amide bonds. The molecule has 0 unspecified atom stereocenters. The molecule has 0 aliphatic rings. The molecule has 0 aliphatic carbocycles. The number of aryl methyl sites for hydroxylation is 1. The Bertz CT molecular complexity index is 1410. The van der Waals surface area contributed by atoms with E-state index in [0.29, 0.717) is 23.9 Å². The molecule has 4 aromatic rings. The zero-order valence-electron chi connectivity index (χ0n) is 22.8. The highest BCUT2D eigenvalue weighted by Gasteiger charge is 2.22. The van der Waals surface area contributed by atoms with Gasteiger partial charge in [0.2, 0.25) is 0 Å². The van der Waals surface area contributed by atoms with Crippen LogP contribution in [0.15, 0.2) is 102 Å². The predicted octanol–water partition coefficient (Wildman–Crippen LogP) is 6.44. The van der Waals surface area contributed by atoms with Crippen molar-refractivity contribution in [2.24, 2.45) is 5.10 Å². The minimum Gasteiger partial charge on any atom is -0.493 e. The van der Waals surface area contributed by atoms with E-state index in [9.17, 15) is 4.79 Å². The van der Waals surface area contributed by atoms with E-state index in [1.165, 1.54) is 11.1 Å². The lowest BCUT2D eigenvalue weighted by Crippen LogP contribution is -2.24. The molecular formula is C33H34N2O4. The van der Waals surface area contributed by atoms with Crippen molar-refractivity contribution < 1.29 is 19.0 Å². The highest BCUT2D eigenvalue weighted by atomic mass is 16.5. The van der Waals surface area contributed by atoms with Gasteiger partial charge in [-0.3, -0.25) is 4.79 Å². The standard InChI is InChI=1S/C33H34N2O4/c1-24-10-8-9-11-26(24)22-39-30-19-14-25(20-31(30)37-4)21-34-35-32(36)23-38-29-17-15-28(16-18-29)33(2,3)27-12-6-5-7-13-27/h5-21H,22-23H2,1-4H3,(H,35,36)/b34-21+. The molecule has 0 spiro atoms. The van der Waals surface area contributed by atoms with Crippen molar-refractivity contribution in [2.45, 2.75) is 32.8 Å². The Kier molecular flexibility index (Phi) is 9.00. The second-order valence-corrected chi connectivity index (χ2v) is 9.72. The van der Waals surface area contributed by atoms with Crippen LogP contribution in [0.4, 0.5) is 0 Å². The van der Waals surface area contributed by atoms with Crippen LogP contribution in [0.2, 0.25) is 0 Å². The van der Waals surface area contributed by atoms with Crippen molar-refractivity contribution in [3.8, 4) is 17.2 Å². The summed E-state index contributed by atoms with van der Waals surface area (Å²) in [6.07, 6.45) is 1.55. The first-order valence-corrected chi connectivity index (χ1v) is 12.8. The molecule has 200 valence electrons. The molecule has 4 aromatic carbocycles. The zero-order chi connectivity index (χ0) is 27.7. The SMILES string of the molecule is COc1cc(/C=N/NC(=O)COc2ccc(C(C)(C)c3ccccc3)cc2)ccc1OCc1ccccc1C. The van der Waals surface area contributed by atoms with Crippen molar-refractivity contribution in [1.29, 1.82) is 0 Å². The maximum Gasteiger partial charge on any atom is 0.277 e. The summed E-state index contributed by atoms with van der Waals surface area (Å²) < 4.78 is 17.1. The molecule has 0 radical (unpaired) electrons. The lowest BCUT2D eigenvalue weighted by Gasteiger charge is -2.26. The van der Waals surface area contributed by atoms with Gasteiger partial charge in [-0.2, -0.15) is 5.10 Å². The third-order valence-corrected chi connectivity index (χ3v) is 6.68. The van der Waals surface area contributed by atoms with E-state index in [1.807, 2.05) is 72.8 Å². The number of hydrogen-bond donors (Lipinski definition) is 1. The summed E-state index contributed by atoms with van der Waals surface area (Å²) in [7, 11) is 1.59. The van der Waals surface area contributed by atoms with Gasteiger partial charge in [-0.25, -0.2) is 5.43 Å². The monoisotopic (exact) mass is 522 g/mol. The minimum atomic E-state index is -0.356. The third-order valence-electron chi connectivity index (χ3n) is 6.68. The van der Waals surface area contributed by atoms with Crippen LogP contribution < -0.4 is 19.6 Å². The van der Waals surface area contributed by atoms with Crippen LogP contribution >= 0.6 is 0 Å². The van der Waals surface area contributed by atoms with E-state index in [-0.39, 0.29) is 17.9 Å². The number of methoxy groups -OCH3 is 1. The number of nitrogens with one attached hydrogen (secondary N) is 1. The first kappa shape index (κ1) is 27.5. The van der Waals surface area contributed by atoms with Crippen LogP contribution in [0.1, 0.15) is 41.7 Å². The second-order valence-electron chi connectivity index (χ2n) is 9.72. The Hall–Kier alpha value is -4.58. The number of nitrogens with zero attached hydrogens (tertiary/aromatic N) is 1. The largest absolute Gasteiger partial charge is 0.493 e. The van der Waals surface area contributed by atoms with Crippen molar-refractivity contribution >= 4 is 12.1 Å². The van der Waals surface area contributed by atoms with E-state index >= 15 is 0 Å². The van der Waals surface area contributed by atoms with Gasteiger partial charge in [0, 0.05) is 5.41 Å². The molecule has 0 aromatic heterocycles. The number of carbonyl (C=O) groups is 1. The Morgan fingerprint density at radius 3 is 2.26 bits per heavy atom. The van der Waals surface area contributed by atoms with Crippen LogP contribution in [0.25, 0.3) is 0 Å². The Morgan fingerprint density at radius 1 is 0.846 bits per heavy atom. The fourth-order valence-electron chi connectivity index (χ4n) is 4.16. The lowest BCUT2D eigenvalue weighted by atomic mass is 9.78. The number of amides is 1. The number of rotatable bonds is 11. The predicted molar refractivity (Wildman–Crippen MR) is 155 cm³/mol. The second kappa shape index (κ2) is 12.8. The molecule has 0 bridgehead atoms. The van der Waals surface area contributed by atoms with Gasteiger partial charge < -0.3 is 14.2 Å². The van der Waals surface area contributed by atoms with Gasteiger partial charge in [0.15, 0.2) is 18.1 Å². The average molecular weight is 523 g/mol. The summed E-state index contributed by atoms with van der Waals surface area (Å²) in [5.74, 6) is 1.48. The number of hydrazone groups is 1. The van der Waals surface area contributed by atoms with Crippen molar-refractivity contribution in [1.82, 2.24) is 5.43 Å². The van der Waals surface area contributed by atoms with Crippen LogP contribution in [0.5, 0.6) is 17.2 Å². The normalized spacial score (nSPS) is 11.3. The smallest absolute Gasteiger partial charge is 0.277 e. The van der Waals surface area contributed by atoms with Gasteiger partial charge in [-0.05, 0) is 65.1 Å². The molecule has 39 heavy (non-hydrogen) atoms. The summed E-state index contributed by atoms with van der Waals surface area (Å²) >= 11 is 0. The summed E-state index contributed by atoms with van der Waals surface area (Å²) in [4.78, 5) is 12.2. The summed E-state index contributed by atoms with van der Waals surface area (Å²) in [6, 6.07) is 31.7. The van der Waals surface area contributed by atoms with Gasteiger partial charge in [-0.1, -0.05) is 80.6 Å². The summed E-state index contributed by atoms with van der Waals surface area (Å²) in [6.45, 7) is 6.73. The van der Waals surface area contributed by atoms with E-state index in [0.717, 1.165) is 16.7 Å². The number of hydrogen-bond acceptors (Lipinski definition) is 5. The maximum atomic E-state index is 12.2. The lowest BCUT2D eigenvalue weighted by molar-refractivity contribution is -0.123. The fraction of sp³-hybridized carbons (Fsp3) is 0.212. The first-order valence-electron chi connectivity index (χ1n) is 12.8. The molecular weight excluding hydrogens is 488 g/mol. The maximum absolute atomic E-state index is 12.2. The first-order chi connectivity index (χ1) is 18.9. The molecule has 6 heteroatoms. The van der Waals surface area contributed by atoms with E-state index in [4.69, 9.17) is 14.2 Å². The molecule has 4 rings (SSSR count). The summed E-state index contributed by atoms with van der Waals surface area (Å²) in [5, 5.41) is 4.04. The van der Waals surface area contributed by atoms with E-state index in [2.05, 4.69) is 49.5 Å². The minimum absolute atomic E-state index is 0.139. The van der Waals surface area contributed by atoms with Gasteiger partial charge in [0.25, 0.3) is 5.91 Å². The van der Waals surface area contributed by atoms with Gasteiger partial charge in [0.05, 0.1) is 13.3 Å². The number of ether oxygens (including phenoxy) is 3. The van der Waals surface area contributed by atoms with Crippen molar-refractivity contribution in [3.63, 3.8) is 0 Å². The Labute approximate surface area is 230 Å². The molecule has 0 aliphatic heterocycles. The quantitative estimate of drug-likeness (QED) is 0.182. The zero-order valence-corrected chi connectivity index (χ0v) is 22.8. The highest BCUT2D eigenvalue weighted by Crippen LogP contribution is 2.32. The van der Waals surface area contributed by atoms with Crippen LogP contribution in [-0.4, -0.2) is 25.8 Å². The molecule has 0 saturated carbocycles. The Morgan fingerprint density at radius 2 is 1.54 bits per heavy atom. The molecule has 0 fully saturated rings. The fourth-order valence-corrected chi connectivity index (χ4v) is 4.16. The third kappa shape index (κ3) is 7.26. The van der Waals surface area contributed by atoms with Gasteiger partial charge >= 0.3 is 0 Å². The molecule has 1 N–H and O–H groups in total. The van der Waals surface area contributed by atoms with Crippen LogP contribution in [0.3, 0.4) is 0 Å². The molecule has 0 heterocycles. The van der Waals surface area contributed by atoms with Crippen LogP contribution in [-0.2, 0) is 16.8 Å². The van der Waals surface area contributed by atoms with Gasteiger partial charge in [-0.15, -0.1) is 0 Å². The van der Waals surface area contributed by atoms with Crippen molar-refractivity contribution in [2.75, 3.05) is 13.7 Å². The summed E-state index contributed by atoms with van der Waals surface area (Å²) in [5.41, 5.74) is 7.80.